The highest BCUT2D eigenvalue weighted by atomic mass is 35.5. The van der Waals surface area contributed by atoms with E-state index in [2.05, 4.69) is 32.9 Å². The largest absolute Gasteiger partial charge is 0.483 e. The van der Waals surface area contributed by atoms with Gasteiger partial charge in [0.05, 0.1) is 12.2 Å². The van der Waals surface area contributed by atoms with E-state index in [1.165, 1.54) is 0 Å². The predicted molar refractivity (Wildman–Crippen MR) is 155 cm³/mol. The molecule has 2 saturated heterocycles. The standard InChI is InChI=1S/C27H31Cl2N7O2.CH2O2/c1-16-14-35(9-7-23(16)34-8-3-4-18(15-34)10-25(37)38)24-13-31-26-22(12-30)33-36(27(26)32-24)17(2)20-6-5-19(28)11-21(20)29;2-1-3/h5-6,11,13,16-18,23H,3-4,7-10,14-15H2,1-2H3,(H,37,38);1H,(H,2,3)/t16-,17-,18+,23+;/m1./s1. The second-order valence-electron chi connectivity index (χ2n) is 10.6. The van der Waals surface area contributed by atoms with Crippen LogP contribution in [0.4, 0.5) is 5.82 Å². The number of halogens is 2. The fourth-order valence-corrected chi connectivity index (χ4v) is 6.63. The van der Waals surface area contributed by atoms with Crippen molar-refractivity contribution in [1.82, 2.24) is 24.6 Å². The minimum absolute atomic E-state index is 0.226. The number of carboxylic acids is 1. The van der Waals surface area contributed by atoms with Crippen LogP contribution in [-0.4, -0.2) is 79.5 Å². The Bertz CT molecular complexity index is 1440. The third-order valence-electron chi connectivity index (χ3n) is 7.94. The molecular weight excluding hydrogens is 569 g/mol. The van der Waals surface area contributed by atoms with Crippen molar-refractivity contribution < 1.29 is 19.8 Å². The first kappa shape index (κ1) is 30.5. The molecule has 13 heteroatoms. The van der Waals surface area contributed by atoms with Gasteiger partial charge < -0.3 is 15.1 Å². The maximum absolute atomic E-state index is 11.2. The van der Waals surface area contributed by atoms with E-state index in [4.69, 9.17) is 38.1 Å². The Hall–Kier alpha value is -3.46. The number of aliphatic carboxylic acids is 1. The smallest absolute Gasteiger partial charge is 0.303 e. The lowest BCUT2D eigenvalue weighted by molar-refractivity contribution is -0.138. The van der Waals surface area contributed by atoms with Crippen LogP contribution in [-0.2, 0) is 9.59 Å². The highest BCUT2D eigenvalue weighted by Gasteiger charge is 2.34. The third kappa shape index (κ3) is 6.89. The number of hydrogen-bond donors (Lipinski definition) is 2. The van der Waals surface area contributed by atoms with E-state index >= 15 is 0 Å². The molecule has 4 heterocycles. The molecule has 2 aliphatic rings. The van der Waals surface area contributed by atoms with Gasteiger partial charge >= 0.3 is 5.97 Å². The Kier molecular flexibility index (Phi) is 10.0. The van der Waals surface area contributed by atoms with E-state index in [9.17, 15) is 15.2 Å². The molecule has 0 amide bonds. The van der Waals surface area contributed by atoms with Crippen LogP contribution in [0.3, 0.4) is 0 Å². The minimum atomic E-state index is -0.708. The molecule has 2 aliphatic heterocycles. The van der Waals surface area contributed by atoms with Gasteiger partial charge in [0, 0.05) is 42.1 Å². The average molecular weight is 603 g/mol. The van der Waals surface area contributed by atoms with Crippen LogP contribution in [0.1, 0.15) is 56.8 Å². The van der Waals surface area contributed by atoms with Gasteiger partial charge in [0.25, 0.3) is 6.47 Å². The Morgan fingerprint density at radius 1 is 1.27 bits per heavy atom. The summed E-state index contributed by atoms with van der Waals surface area (Å²) in [7, 11) is 0. The normalized spacial score (nSPS) is 21.9. The number of anilines is 1. The highest BCUT2D eigenvalue weighted by molar-refractivity contribution is 6.35. The molecule has 0 aliphatic carbocycles. The van der Waals surface area contributed by atoms with Gasteiger partial charge in [0.2, 0.25) is 0 Å². The van der Waals surface area contributed by atoms with Crippen molar-refractivity contribution >= 4 is 52.6 Å². The number of benzene rings is 1. The SMILES string of the molecule is C[C@@H]1CN(c2cnc3c(C#N)nn([C@H](C)c4ccc(Cl)cc4Cl)c3n2)CC[C@@H]1N1CCC[C@@H](CC(=O)O)C1.O=CO. The Morgan fingerprint density at radius 3 is 2.68 bits per heavy atom. The molecule has 218 valence electrons. The second-order valence-corrected chi connectivity index (χ2v) is 11.5. The quantitative estimate of drug-likeness (QED) is 0.380. The Labute approximate surface area is 248 Å². The molecule has 0 bridgehead atoms. The lowest BCUT2D eigenvalue weighted by Crippen LogP contribution is -2.53. The summed E-state index contributed by atoms with van der Waals surface area (Å²) >= 11 is 12.6. The predicted octanol–water partition coefficient (Wildman–Crippen LogP) is 4.72. The van der Waals surface area contributed by atoms with Gasteiger partial charge in [0.1, 0.15) is 17.4 Å². The Morgan fingerprint density at radius 2 is 2.02 bits per heavy atom. The lowest BCUT2D eigenvalue weighted by Gasteiger charge is -2.45. The zero-order valence-corrected chi connectivity index (χ0v) is 24.5. The van der Waals surface area contributed by atoms with Gasteiger partial charge in [-0.05, 0) is 62.3 Å². The molecule has 2 aromatic heterocycles. The number of carboxylic acid groups (broad SMARTS) is 2. The monoisotopic (exact) mass is 601 g/mol. The molecule has 1 aromatic carbocycles. The van der Waals surface area contributed by atoms with Gasteiger partial charge in [-0.1, -0.05) is 36.2 Å². The number of piperidine rings is 2. The van der Waals surface area contributed by atoms with Gasteiger partial charge in [0.15, 0.2) is 11.3 Å². The highest BCUT2D eigenvalue weighted by Crippen LogP contribution is 2.33. The molecule has 5 rings (SSSR count). The lowest BCUT2D eigenvalue weighted by atomic mass is 9.87. The number of nitriles is 1. The molecule has 3 aromatic rings. The van der Waals surface area contributed by atoms with Crippen molar-refractivity contribution in [2.45, 2.75) is 51.6 Å². The zero-order chi connectivity index (χ0) is 29.7. The number of rotatable bonds is 6. The molecule has 2 N–H and O–H groups in total. The van der Waals surface area contributed by atoms with Crippen LogP contribution in [0.2, 0.25) is 10.0 Å². The van der Waals surface area contributed by atoms with Crippen molar-refractivity contribution in [2.24, 2.45) is 11.8 Å². The third-order valence-corrected chi connectivity index (χ3v) is 8.50. The fraction of sp³-hybridized carbons (Fsp3) is 0.500. The van der Waals surface area contributed by atoms with E-state index in [1.54, 1.807) is 23.0 Å². The number of likely N-dealkylation sites (tertiary alicyclic amines) is 1. The number of nitrogens with zero attached hydrogens (tertiary/aromatic N) is 7. The molecule has 0 spiro atoms. The summed E-state index contributed by atoms with van der Waals surface area (Å²) < 4.78 is 1.71. The molecule has 0 saturated carbocycles. The molecule has 41 heavy (non-hydrogen) atoms. The topological polar surface area (TPSA) is 148 Å². The summed E-state index contributed by atoms with van der Waals surface area (Å²) in [5.74, 6) is 0.659. The first-order valence-electron chi connectivity index (χ1n) is 13.6. The molecule has 11 nitrogen and oxygen atoms in total. The first-order chi connectivity index (χ1) is 19.7. The van der Waals surface area contributed by atoms with Crippen LogP contribution in [0.25, 0.3) is 11.2 Å². The van der Waals surface area contributed by atoms with Crippen LogP contribution in [0, 0.1) is 23.2 Å². The van der Waals surface area contributed by atoms with Crippen molar-refractivity contribution in [1.29, 1.82) is 5.26 Å². The van der Waals surface area contributed by atoms with Gasteiger partial charge in [-0.2, -0.15) is 10.4 Å². The molecular formula is C28H33Cl2N7O4. The number of hydrogen-bond acceptors (Lipinski definition) is 8. The second kappa shape index (κ2) is 13.5. The summed E-state index contributed by atoms with van der Waals surface area (Å²) in [5.41, 5.74) is 2.06. The van der Waals surface area contributed by atoms with Crippen molar-refractivity contribution in [3.05, 3.63) is 45.7 Å². The summed E-state index contributed by atoms with van der Waals surface area (Å²) in [6.07, 6.45) is 4.99. The van der Waals surface area contributed by atoms with Crippen LogP contribution >= 0.6 is 23.2 Å². The first-order valence-corrected chi connectivity index (χ1v) is 14.3. The van der Waals surface area contributed by atoms with Crippen molar-refractivity contribution in [3.63, 3.8) is 0 Å². The Balaban J connectivity index is 0.00000124. The maximum Gasteiger partial charge on any atom is 0.303 e. The van der Waals surface area contributed by atoms with Crippen molar-refractivity contribution in [3.8, 4) is 6.07 Å². The van der Waals surface area contributed by atoms with Crippen LogP contribution in [0.15, 0.2) is 24.4 Å². The van der Waals surface area contributed by atoms with Gasteiger partial charge in [-0.3, -0.25) is 14.5 Å². The zero-order valence-electron chi connectivity index (χ0n) is 23.0. The van der Waals surface area contributed by atoms with E-state index in [0.717, 1.165) is 56.8 Å². The van der Waals surface area contributed by atoms with E-state index < -0.39 is 5.97 Å². The van der Waals surface area contributed by atoms with Crippen molar-refractivity contribution in [2.75, 3.05) is 31.1 Å². The average Bonchev–Trinajstić information content (AvgIpc) is 3.31. The van der Waals surface area contributed by atoms with Crippen LogP contribution < -0.4 is 4.90 Å². The number of fused-ring (bicyclic) bond motifs is 1. The molecule has 0 unspecified atom stereocenters. The van der Waals surface area contributed by atoms with E-state index in [-0.39, 0.29) is 30.5 Å². The minimum Gasteiger partial charge on any atom is -0.483 e. The molecule has 0 radical (unpaired) electrons. The van der Waals surface area contributed by atoms with E-state index in [1.807, 2.05) is 13.0 Å². The summed E-state index contributed by atoms with van der Waals surface area (Å²) in [6.45, 7) is 7.50. The molecule has 4 atom stereocenters. The van der Waals surface area contributed by atoms with Crippen LogP contribution in [0.5, 0.6) is 0 Å². The van der Waals surface area contributed by atoms with Gasteiger partial charge in [-0.15, -0.1) is 0 Å². The number of aromatic nitrogens is 4. The van der Waals surface area contributed by atoms with Gasteiger partial charge in [-0.25, -0.2) is 14.6 Å². The fourth-order valence-electron chi connectivity index (χ4n) is 6.07. The summed E-state index contributed by atoms with van der Waals surface area (Å²) in [4.78, 5) is 33.9. The van der Waals surface area contributed by atoms with E-state index in [0.29, 0.717) is 33.2 Å². The summed E-state index contributed by atoms with van der Waals surface area (Å²) in [6, 6.07) is 7.62. The maximum atomic E-state index is 11.2. The number of carbonyl (C=O) groups is 2. The summed E-state index contributed by atoms with van der Waals surface area (Å²) in [5, 5.41) is 31.4. The molecule has 2 fully saturated rings.